The highest BCUT2D eigenvalue weighted by Gasteiger charge is 2.18. The van der Waals surface area contributed by atoms with Crippen molar-refractivity contribution >= 4 is 28.3 Å². The molecule has 0 amide bonds. The number of rotatable bonds is 3. The standard InChI is InChI=1S/C16H15N3O3S/c1-19-12-3-2-9(16(20)21)6-11(12)17-14(19)7-15-18-10-4-5-22-8-13(10)23-15/h2-3,6H,4-5,7-8H2,1H3,(H,20,21). The van der Waals surface area contributed by atoms with Crippen molar-refractivity contribution in [3.8, 4) is 0 Å². The molecule has 0 radical (unpaired) electrons. The molecule has 0 atom stereocenters. The van der Waals surface area contributed by atoms with Gasteiger partial charge in [-0.15, -0.1) is 11.3 Å². The van der Waals surface area contributed by atoms with E-state index in [0.717, 1.165) is 35.1 Å². The van der Waals surface area contributed by atoms with Crippen LogP contribution in [0.25, 0.3) is 11.0 Å². The molecule has 7 heteroatoms. The van der Waals surface area contributed by atoms with Crippen LogP contribution in [0.3, 0.4) is 0 Å². The molecule has 0 fully saturated rings. The van der Waals surface area contributed by atoms with E-state index in [1.54, 1.807) is 29.5 Å². The minimum Gasteiger partial charge on any atom is -0.478 e. The van der Waals surface area contributed by atoms with E-state index < -0.39 is 5.97 Å². The van der Waals surface area contributed by atoms with Crippen LogP contribution in [-0.2, 0) is 31.2 Å². The number of aromatic nitrogens is 3. The molecule has 1 N–H and O–H groups in total. The van der Waals surface area contributed by atoms with Crippen LogP contribution in [0.1, 0.15) is 31.8 Å². The third kappa shape index (κ3) is 2.51. The largest absolute Gasteiger partial charge is 0.478 e. The first-order chi connectivity index (χ1) is 11.1. The summed E-state index contributed by atoms with van der Waals surface area (Å²) in [5, 5.41) is 10.1. The second-order valence-corrected chi connectivity index (χ2v) is 6.72. The highest BCUT2D eigenvalue weighted by atomic mass is 32.1. The van der Waals surface area contributed by atoms with Gasteiger partial charge in [0.1, 0.15) is 10.8 Å². The summed E-state index contributed by atoms with van der Waals surface area (Å²) < 4.78 is 7.46. The average Bonchev–Trinajstić information content (AvgIpc) is 3.08. The maximum Gasteiger partial charge on any atom is 0.335 e. The van der Waals surface area contributed by atoms with Crippen LogP contribution in [0.15, 0.2) is 18.2 Å². The Morgan fingerprint density at radius 1 is 1.43 bits per heavy atom. The van der Waals surface area contributed by atoms with E-state index in [-0.39, 0.29) is 5.56 Å². The van der Waals surface area contributed by atoms with E-state index >= 15 is 0 Å². The molecule has 3 heterocycles. The zero-order valence-corrected chi connectivity index (χ0v) is 13.4. The molecular formula is C16H15N3O3S. The minimum atomic E-state index is -0.938. The molecule has 0 saturated heterocycles. The van der Waals surface area contributed by atoms with Gasteiger partial charge in [-0.2, -0.15) is 0 Å². The lowest BCUT2D eigenvalue weighted by atomic mass is 10.2. The Labute approximate surface area is 136 Å². The van der Waals surface area contributed by atoms with Gasteiger partial charge in [-0.3, -0.25) is 0 Å². The fraction of sp³-hybridized carbons (Fsp3) is 0.312. The fourth-order valence-electron chi connectivity index (χ4n) is 2.83. The van der Waals surface area contributed by atoms with Crippen LogP contribution in [0.4, 0.5) is 0 Å². The Morgan fingerprint density at radius 2 is 2.30 bits per heavy atom. The molecule has 1 aromatic carbocycles. The number of nitrogens with zero attached hydrogens (tertiary/aromatic N) is 3. The SMILES string of the molecule is Cn1c(Cc2nc3c(s2)COCC3)nc2cc(C(=O)O)ccc21. The molecule has 2 aromatic heterocycles. The fourth-order valence-corrected chi connectivity index (χ4v) is 3.88. The number of hydrogen-bond donors (Lipinski definition) is 1. The number of carbonyl (C=O) groups is 1. The highest BCUT2D eigenvalue weighted by molar-refractivity contribution is 7.11. The number of benzene rings is 1. The Bertz CT molecular complexity index is 889. The summed E-state index contributed by atoms with van der Waals surface area (Å²) in [6.45, 7) is 1.39. The van der Waals surface area contributed by atoms with Crippen molar-refractivity contribution in [2.75, 3.05) is 6.61 Å². The number of imidazole rings is 1. The monoisotopic (exact) mass is 329 g/mol. The van der Waals surface area contributed by atoms with Gasteiger partial charge in [0, 0.05) is 13.5 Å². The summed E-state index contributed by atoms with van der Waals surface area (Å²) in [6.07, 6.45) is 1.52. The first-order valence-corrected chi connectivity index (χ1v) is 8.17. The van der Waals surface area contributed by atoms with Gasteiger partial charge >= 0.3 is 5.97 Å². The molecule has 3 aromatic rings. The summed E-state index contributed by atoms with van der Waals surface area (Å²) in [6, 6.07) is 5.02. The van der Waals surface area contributed by atoms with Gasteiger partial charge in [-0.1, -0.05) is 0 Å². The molecule has 23 heavy (non-hydrogen) atoms. The lowest BCUT2D eigenvalue weighted by molar-refractivity contribution is 0.0697. The van der Waals surface area contributed by atoms with E-state index in [9.17, 15) is 4.79 Å². The van der Waals surface area contributed by atoms with Crippen molar-refractivity contribution < 1.29 is 14.6 Å². The van der Waals surface area contributed by atoms with Crippen molar-refractivity contribution in [2.45, 2.75) is 19.4 Å². The number of aryl methyl sites for hydroxylation is 1. The molecule has 0 bridgehead atoms. The van der Waals surface area contributed by atoms with Crippen LogP contribution < -0.4 is 0 Å². The van der Waals surface area contributed by atoms with Crippen LogP contribution in [-0.4, -0.2) is 32.2 Å². The lowest BCUT2D eigenvalue weighted by Crippen LogP contribution is -2.07. The molecule has 0 spiro atoms. The number of fused-ring (bicyclic) bond motifs is 2. The number of thiazole rings is 1. The summed E-state index contributed by atoms with van der Waals surface area (Å²) >= 11 is 1.67. The number of aromatic carboxylic acids is 1. The second kappa shape index (κ2) is 5.43. The van der Waals surface area contributed by atoms with Crippen LogP contribution in [0.5, 0.6) is 0 Å². The van der Waals surface area contributed by atoms with E-state index in [4.69, 9.17) is 14.8 Å². The van der Waals surface area contributed by atoms with Gasteiger partial charge in [0.2, 0.25) is 0 Å². The van der Waals surface area contributed by atoms with Crippen molar-refractivity contribution in [3.63, 3.8) is 0 Å². The van der Waals surface area contributed by atoms with E-state index in [1.807, 2.05) is 11.6 Å². The van der Waals surface area contributed by atoms with Crippen molar-refractivity contribution in [2.24, 2.45) is 7.05 Å². The van der Waals surface area contributed by atoms with Crippen molar-refractivity contribution in [3.05, 3.63) is 45.2 Å². The summed E-state index contributed by atoms with van der Waals surface area (Å²) in [7, 11) is 1.95. The van der Waals surface area contributed by atoms with E-state index in [1.165, 1.54) is 4.88 Å². The molecular weight excluding hydrogens is 314 g/mol. The summed E-state index contributed by atoms with van der Waals surface area (Å²) in [5.41, 5.74) is 3.02. The normalized spacial score (nSPS) is 14.1. The summed E-state index contributed by atoms with van der Waals surface area (Å²) in [5.74, 6) is -0.0544. The zero-order valence-electron chi connectivity index (χ0n) is 12.6. The lowest BCUT2D eigenvalue weighted by Gasteiger charge is -2.08. The Kier molecular flexibility index (Phi) is 3.39. The smallest absolute Gasteiger partial charge is 0.335 e. The third-order valence-corrected chi connectivity index (χ3v) is 5.14. The van der Waals surface area contributed by atoms with Crippen LogP contribution in [0, 0.1) is 0 Å². The number of ether oxygens (including phenoxy) is 1. The molecule has 1 aliphatic rings. The van der Waals surface area contributed by atoms with Gasteiger partial charge in [0.15, 0.2) is 0 Å². The highest BCUT2D eigenvalue weighted by Crippen LogP contribution is 2.26. The molecule has 1 aliphatic heterocycles. The van der Waals surface area contributed by atoms with E-state index in [0.29, 0.717) is 18.5 Å². The molecule has 4 rings (SSSR count). The topological polar surface area (TPSA) is 77.2 Å². The Morgan fingerprint density at radius 3 is 3.09 bits per heavy atom. The van der Waals surface area contributed by atoms with Gasteiger partial charge in [0.25, 0.3) is 0 Å². The first-order valence-electron chi connectivity index (χ1n) is 7.35. The van der Waals surface area contributed by atoms with Crippen LogP contribution >= 0.6 is 11.3 Å². The number of hydrogen-bond acceptors (Lipinski definition) is 5. The van der Waals surface area contributed by atoms with Gasteiger partial charge in [-0.25, -0.2) is 14.8 Å². The molecule has 118 valence electrons. The Hall–Kier alpha value is -2.25. The molecule has 0 unspecified atom stereocenters. The van der Waals surface area contributed by atoms with Crippen molar-refractivity contribution in [1.82, 2.24) is 14.5 Å². The maximum absolute atomic E-state index is 11.1. The van der Waals surface area contributed by atoms with Gasteiger partial charge < -0.3 is 14.4 Å². The van der Waals surface area contributed by atoms with Gasteiger partial charge in [0.05, 0.1) is 46.8 Å². The zero-order chi connectivity index (χ0) is 16.0. The number of carboxylic acid groups (broad SMARTS) is 1. The predicted octanol–water partition coefficient (Wildman–Crippen LogP) is 2.39. The third-order valence-electron chi connectivity index (χ3n) is 4.07. The van der Waals surface area contributed by atoms with E-state index in [2.05, 4.69) is 4.98 Å². The molecule has 0 saturated carbocycles. The molecule has 6 nitrogen and oxygen atoms in total. The summed E-state index contributed by atoms with van der Waals surface area (Å²) in [4.78, 5) is 21.6. The average molecular weight is 329 g/mol. The van der Waals surface area contributed by atoms with Crippen LogP contribution in [0.2, 0.25) is 0 Å². The van der Waals surface area contributed by atoms with Gasteiger partial charge in [-0.05, 0) is 18.2 Å². The second-order valence-electron chi connectivity index (χ2n) is 5.55. The number of carboxylic acids is 1. The maximum atomic E-state index is 11.1. The minimum absolute atomic E-state index is 0.254. The quantitative estimate of drug-likeness (QED) is 0.798. The first kappa shape index (κ1) is 14.3. The predicted molar refractivity (Wildman–Crippen MR) is 86.0 cm³/mol. The molecule has 0 aliphatic carbocycles. The Balaban J connectivity index is 1.69. The van der Waals surface area contributed by atoms with Crippen molar-refractivity contribution in [1.29, 1.82) is 0 Å².